The predicted octanol–water partition coefficient (Wildman–Crippen LogP) is 4.17. The molecule has 2 aliphatic rings. The Morgan fingerprint density at radius 1 is 1.28 bits per heavy atom. The monoisotopic (exact) mass is 379 g/mol. The van der Waals surface area contributed by atoms with Crippen LogP contribution in [0.3, 0.4) is 0 Å². The molecule has 0 saturated heterocycles. The van der Waals surface area contributed by atoms with Gasteiger partial charge in [-0.1, -0.05) is 31.6 Å². The van der Waals surface area contributed by atoms with Crippen molar-refractivity contribution in [3.05, 3.63) is 62.0 Å². The van der Waals surface area contributed by atoms with Crippen LogP contribution in [0.1, 0.15) is 26.2 Å². The molecule has 2 rings (SSSR count). The Labute approximate surface area is 142 Å². The van der Waals surface area contributed by atoms with Crippen molar-refractivity contribution in [2.24, 2.45) is 0 Å². The topological polar surface area (TPSA) is 0 Å². The molecule has 0 N–H and O–H groups in total. The molecule has 104 valence electrons. The van der Waals surface area contributed by atoms with Crippen molar-refractivity contribution in [2.75, 3.05) is 0 Å². The summed E-state index contributed by atoms with van der Waals surface area (Å²) in [6.07, 6.45) is 15.5. The summed E-state index contributed by atoms with van der Waals surface area (Å²) in [7, 11) is 0. The van der Waals surface area contributed by atoms with Crippen molar-refractivity contribution in [1.29, 1.82) is 0 Å². The van der Waals surface area contributed by atoms with Gasteiger partial charge >= 0.3 is 30.2 Å². The van der Waals surface area contributed by atoms with Crippen LogP contribution in [0.4, 0.5) is 0 Å². The number of rotatable bonds is 2. The van der Waals surface area contributed by atoms with E-state index in [-0.39, 0.29) is 39.7 Å². The Balaban J connectivity index is -0.000000156. The Hall–Kier alpha value is 0.640. The van der Waals surface area contributed by atoms with Gasteiger partial charge < -0.3 is 14.9 Å². The van der Waals surface area contributed by atoms with E-state index in [1.807, 2.05) is 6.88 Å². The standard InChI is InChI=1S/C12H13.2CH3.2ClH.H2Si.Zr/c1-2-10-8-5-9-12(10)11-6-3-4-7-11;;;;;;/h3-4,6,9H,2,5,7H2,1H3;2*1H3;2*1H;1H2;/q3*-1;;;;. The van der Waals surface area contributed by atoms with E-state index in [0.717, 1.165) is 19.3 Å². The van der Waals surface area contributed by atoms with Crippen molar-refractivity contribution < 1.29 is 23.3 Å². The maximum absolute atomic E-state index is 3.39. The first-order chi connectivity index (χ1) is 6.92. The normalized spacial score (nSPS) is 14.1. The third-order valence-corrected chi connectivity index (χ3v) is 2.42. The molecule has 0 aromatic rings. The molecule has 0 amide bonds. The maximum atomic E-state index is 3.39. The van der Waals surface area contributed by atoms with Gasteiger partial charge in [0.15, 0.2) is 0 Å². The van der Waals surface area contributed by atoms with Gasteiger partial charge in [0.2, 0.25) is 0 Å². The van der Waals surface area contributed by atoms with Crippen molar-refractivity contribution in [3.8, 4) is 0 Å². The number of allylic oxidation sites excluding steroid dienone is 8. The van der Waals surface area contributed by atoms with Crippen LogP contribution in [0, 0.1) is 20.9 Å². The van der Waals surface area contributed by atoms with Crippen LogP contribution >= 0.6 is 24.8 Å². The van der Waals surface area contributed by atoms with Crippen LogP contribution in [0.5, 0.6) is 0 Å². The Kier molecular flexibility index (Phi) is 23.6. The predicted molar refractivity (Wildman–Crippen MR) is 87.5 cm³/mol. The summed E-state index contributed by atoms with van der Waals surface area (Å²) in [5.41, 5.74) is 4.32. The molecule has 0 aromatic heterocycles. The minimum atomic E-state index is 0. The van der Waals surface area contributed by atoms with Gasteiger partial charge in [0.05, 0.1) is 0 Å². The van der Waals surface area contributed by atoms with Crippen LogP contribution in [-0.4, -0.2) is 6.88 Å². The summed E-state index contributed by atoms with van der Waals surface area (Å²) in [4.78, 5) is 0. The first-order valence-corrected chi connectivity index (χ1v) is 10.9. The van der Waals surface area contributed by atoms with Gasteiger partial charge in [-0.3, -0.25) is 6.08 Å². The second-order valence-corrected chi connectivity index (χ2v) is 3.15. The van der Waals surface area contributed by atoms with Crippen molar-refractivity contribution in [3.63, 3.8) is 0 Å². The van der Waals surface area contributed by atoms with Crippen LogP contribution in [0.2, 0.25) is 0 Å². The van der Waals surface area contributed by atoms with Crippen LogP contribution in [0.25, 0.3) is 0 Å². The molecule has 0 unspecified atom stereocenters. The molecule has 0 saturated carbocycles. The fourth-order valence-electron chi connectivity index (χ4n) is 1.78. The average Bonchev–Trinajstić information content (AvgIpc) is 2.91. The average molecular weight is 382 g/mol. The fraction of sp³-hybridized carbons (Fsp3) is 0.286. The van der Waals surface area contributed by atoms with Crippen molar-refractivity contribution >= 4 is 31.7 Å². The molecule has 0 nitrogen and oxygen atoms in total. The molecule has 0 atom stereocenters. The zero-order valence-corrected chi connectivity index (χ0v) is 17.0. The molecule has 0 spiro atoms. The molecule has 0 heterocycles. The molecule has 0 aromatic carbocycles. The van der Waals surface area contributed by atoms with E-state index < -0.39 is 0 Å². The van der Waals surface area contributed by atoms with E-state index in [1.54, 1.807) is 23.3 Å². The summed E-state index contributed by atoms with van der Waals surface area (Å²) in [5, 5.41) is 0. The Morgan fingerprint density at radius 3 is 2.33 bits per heavy atom. The van der Waals surface area contributed by atoms with E-state index in [0.29, 0.717) is 0 Å². The second-order valence-electron chi connectivity index (χ2n) is 3.15. The summed E-state index contributed by atoms with van der Waals surface area (Å²) < 4.78 is 0. The Bertz CT molecular complexity index is 331. The summed E-state index contributed by atoms with van der Waals surface area (Å²) in [6.45, 7) is 4.15. The molecule has 4 heteroatoms. The van der Waals surface area contributed by atoms with Gasteiger partial charge in [-0.2, -0.15) is 11.6 Å². The van der Waals surface area contributed by atoms with Gasteiger partial charge in [0.25, 0.3) is 0 Å². The molecule has 0 radical (unpaired) electrons. The second kappa shape index (κ2) is 15.7. The molecule has 0 aliphatic heterocycles. The van der Waals surface area contributed by atoms with E-state index in [1.165, 1.54) is 16.7 Å². The van der Waals surface area contributed by atoms with Gasteiger partial charge in [0.1, 0.15) is 0 Å². The zero-order valence-electron chi connectivity index (χ0n) is 11.5. The van der Waals surface area contributed by atoms with Gasteiger partial charge in [-0.15, -0.1) is 36.8 Å². The van der Waals surface area contributed by atoms with Crippen LogP contribution in [0.15, 0.2) is 41.0 Å². The molecular weight excluding hydrogens is 358 g/mol. The Morgan fingerprint density at radius 2 is 1.89 bits per heavy atom. The van der Waals surface area contributed by atoms with Gasteiger partial charge in [-0.25, -0.2) is 5.57 Å². The molecule has 0 bridgehead atoms. The fourth-order valence-corrected chi connectivity index (χ4v) is 1.78. The first kappa shape index (κ1) is 27.1. The zero-order chi connectivity index (χ0) is 10.4. The first-order valence-electron chi connectivity index (χ1n) is 4.93. The number of hydrogen-bond donors (Lipinski definition) is 0. The molecular formula is C14H23Cl2SiZr-3. The van der Waals surface area contributed by atoms with Crippen molar-refractivity contribution in [2.45, 2.75) is 26.2 Å². The molecule has 2 aliphatic carbocycles. The summed E-state index contributed by atoms with van der Waals surface area (Å²) >= 11 is 1.58. The van der Waals surface area contributed by atoms with E-state index in [9.17, 15) is 0 Å². The van der Waals surface area contributed by atoms with Gasteiger partial charge in [0, 0.05) is 0 Å². The number of halogens is 2. The minimum absolute atomic E-state index is 0. The van der Waals surface area contributed by atoms with E-state index in [4.69, 9.17) is 0 Å². The molecule has 0 fully saturated rings. The number of hydrogen-bond acceptors (Lipinski definition) is 0. The third-order valence-electron chi connectivity index (χ3n) is 2.42. The van der Waals surface area contributed by atoms with Gasteiger partial charge in [-0.05, 0) is 6.42 Å². The van der Waals surface area contributed by atoms with Crippen LogP contribution in [-0.2, 0) is 23.3 Å². The third kappa shape index (κ3) is 7.28. The van der Waals surface area contributed by atoms with E-state index in [2.05, 4.69) is 37.3 Å². The summed E-state index contributed by atoms with van der Waals surface area (Å²) in [5.74, 6) is 0. The van der Waals surface area contributed by atoms with Crippen molar-refractivity contribution in [1.82, 2.24) is 0 Å². The van der Waals surface area contributed by atoms with Crippen LogP contribution < -0.4 is 0 Å². The quantitative estimate of drug-likeness (QED) is 0.498. The molecule has 18 heavy (non-hydrogen) atoms. The summed E-state index contributed by atoms with van der Waals surface area (Å²) in [6, 6.07) is 0. The SMILES string of the molecule is CCC1=[C-]CC=C1C1=CC=CC1.Cl.Cl.[CH3-].[CH3-].[SiH2]=[Zr]. The van der Waals surface area contributed by atoms with E-state index >= 15 is 0 Å².